The third-order valence-corrected chi connectivity index (χ3v) is 10.8. The van der Waals surface area contributed by atoms with Crippen LogP contribution in [0.1, 0.15) is 188 Å². The highest BCUT2D eigenvalue weighted by Crippen LogP contribution is 2.09. The Bertz CT molecular complexity index is 1900. The molecular formula is C69H100O6. The Hall–Kier alpha value is -6.01. The van der Waals surface area contributed by atoms with Gasteiger partial charge in [0.15, 0.2) is 6.10 Å². The smallest absolute Gasteiger partial charge is 0.306 e. The summed E-state index contributed by atoms with van der Waals surface area (Å²) in [6, 6.07) is 0. The topological polar surface area (TPSA) is 78.9 Å². The monoisotopic (exact) mass is 1020 g/mol. The van der Waals surface area contributed by atoms with Crippen molar-refractivity contribution in [3.05, 3.63) is 207 Å². The van der Waals surface area contributed by atoms with Crippen LogP contribution in [0.2, 0.25) is 0 Å². The third-order valence-electron chi connectivity index (χ3n) is 10.8. The SMILES string of the molecule is CC/C=C\C/C=C\C/C=C\C/C=C\C/C=C\C/C=C\C/C=C\CCCCCC(=O)OCC(COC(=O)CC/C=C\C/C=C\C/C=C\C/C=C\CC)OC(=O)CC/C=C\C/C=C\C/C=C\C/C=C\C/C=C\C/C=C\CC. The minimum atomic E-state index is -0.876. The molecule has 0 aliphatic carbocycles. The minimum absolute atomic E-state index is 0.161. The average Bonchev–Trinajstić information content (AvgIpc) is 3.41. The van der Waals surface area contributed by atoms with E-state index in [1.54, 1.807) is 0 Å². The second-order valence-corrected chi connectivity index (χ2v) is 17.7. The number of hydrogen-bond acceptors (Lipinski definition) is 6. The summed E-state index contributed by atoms with van der Waals surface area (Å²) in [5, 5.41) is 0. The van der Waals surface area contributed by atoms with E-state index in [-0.39, 0.29) is 38.4 Å². The number of unbranched alkanes of at least 4 members (excludes halogenated alkanes) is 3. The Labute approximate surface area is 458 Å². The average molecular weight is 1030 g/mol. The second kappa shape index (κ2) is 60.5. The second-order valence-electron chi connectivity index (χ2n) is 17.7. The van der Waals surface area contributed by atoms with Gasteiger partial charge in [0.2, 0.25) is 0 Å². The van der Waals surface area contributed by atoms with Gasteiger partial charge in [0.05, 0.1) is 0 Å². The van der Waals surface area contributed by atoms with Crippen LogP contribution >= 0.6 is 0 Å². The molecule has 6 nitrogen and oxygen atoms in total. The van der Waals surface area contributed by atoms with Crippen molar-refractivity contribution < 1.29 is 28.6 Å². The van der Waals surface area contributed by atoms with E-state index >= 15 is 0 Å². The molecule has 0 aliphatic rings. The molecule has 0 aliphatic heterocycles. The fourth-order valence-electron chi connectivity index (χ4n) is 6.64. The summed E-state index contributed by atoms with van der Waals surface area (Å²) >= 11 is 0. The van der Waals surface area contributed by atoms with Gasteiger partial charge in [0.25, 0.3) is 0 Å². The molecule has 0 fully saturated rings. The van der Waals surface area contributed by atoms with Crippen LogP contribution in [0.5, 0.6) is 0 Å². The lowest BCUT2D eigenvalue weighted by atomic mass is 10.1. The molecule has 0 spiro atoms. The van der Waals surface area contributed by atoms with Crippen molar-refractivity contribution in [3.8, 4) is 0 Å². The number of esters is 3. The summed E-state index contributed by atoms with van der Waals surface area (Å²) in [6.45, 7) is 6.10. The van der Waals surface area contributed by atoms with E-state index in [1.807, 2.05) is 24.3 Å². The molecule has 412 valence electrons. The van der Waals surface area contributed by atoms with Crippen molar-refractivity contribution >= 4 is 17.9 Å². The largest absolute Gasteiger partial charge is 0.462 e. The molecule has 0 saturated carbocycles. The Balaban J connectivity index is 4.64. The van der Waals surface area contributed by atoms with Gasteiger partial charge >= 0.3 is 17.9 Å². The standard InChI is InChI=1S/C69H100O6/c1-4-7-10-13-16-19-22-25-27-29-31-32-33-34-35-36-38-39-41-44-47-50-53-56-59-62-68(71)74-65-66(64-73-67(70)61-58-55-52-49-46-43-24-21-18-15-12-9-6-3)75-69(72)63-60-57-54-51-48-45-42-40-37-30-28-26-23-20-17-14-11-8-5-2/h7-12,16-21,25-28,31-32,34-35,37-40,43-48,52,54-55,57,66H,4-6,13-15,22-24,29-30,33,36,41-42,49-51,53,56,58-65H2,1-3H3/b10-7-,11-8-,12-9-,19-16-,20-17-,21-18-,27-25-,28-26-,32-31-,35-34-,39-38-,40-37-,46-43-,47-44-,48-45-,55-52-,57-54-. The molecule has 0 rings (SSSR count). The molecule has 6 heteroatoms. The number of rotatable bonds is 48. The third kappa shape index (κ3) is 58.7. The minimum Gasteiger partial charge on any atom is -0.462 e. The quantitative estimate of drug-likeness (QED) is 0.0261. The Morgan fingerprint density at radius 2 is 0.507 bits per heavy atom. The fourth-order valence-corrected chi connectivity index (χ4v) is 6.64. The van der Waals surface area contributed by atoms with Crippen LogP contribution in [0.25, 0.3) is 0 Å². The van der Waals surface area contributed by atoms with E-state index in [2.05, 4.69) is 203 Å². The Kier molecular flexibility index (Phi) is 55.7. The van der Waals surface area contributed by atoms with Crippen molar-refractivity contribution in [1.82, 2.24) is 0 Å². The summed E-state index contributed by atoms with van der Waals surface area (Å²) < 4.78 is 16.7. The summed E-state index contributed by atoms with van der Waals surface area (Å²) in [6.07, 6.45) is 94.2. The molecule has 0 saturated heterocycles. The molecule has 0 aromatic rings. The van der Waals surface area contributed by atoms with Crippen LogP contribution in [0, 0.1) is 0 Å². The van der Waals surface area contributed by atoms with Crippen molar-refractivity contribution in [1.29, 1.82) is 0 Å². The van der Waals surface area contributed by atoms with Crippen LogP contribution in [-0.2, 0) is 28.6 Å². The fraction of sp³-hybridized carbons (Fsp3) is 0.464. The van der Waals surface area contributed by atoms with E-state index in [0.717, 1.165) is 128 Å². The molecule has 75 heavy (non-hydrogen) atoms. The molecule has 0 radical (unpaired) electrons. The van der Waals surface area contributed by atoms with E-state index in [1.165, 1.54) is 0 Å². The normalized spacial score (nSPS) is 13.7. The van der Waals surface area contributed by atoms with E-state index in [9.17, 15) is 14.4 Å². The molecule has 1 unspecified atom stereocenters. The van der Waals surface area contributed by atoms with Gasteiger partial charge in [-0.15, -0.1) is 0 Å². The van der Waals surface area contributed by atoms with Crippen LogP contribution in [0.4, 0.5) is 0 Å². The lowest BCUT2D eigenvalue weighted by molar-refractivity contribution is -0.166. The van der Waals surface area contributed by atoms with Crippen molar-refractivity contribution in [2.24, 2.45) is 0 Å². The van der Waals surface area contributed by atoms with Crippen molar-refractivity contribution in [3.63, 3.8) is 0 Å². The summed E-state index contributed by atoms with van der Waals surface area (Å²) in [4.78, 5) is 38.1. The molecule has 0 aromatic carbocycles. The highest BCUT2D eigenvalue weighted by molar-refractivity contribution is 5.71. The Morgan fingerprint density at radius 1 is 0.267 bits per heavy atom. The Morgan fingerprint density at radius 3 is 0.800 bits per heavy atom. The number of carbonyl (C=O) groups is 3. The van der Waals surface area contributed by atoms with E-state index < -0.39 is 18.0 Å². The number of hydrogen-bond donors (Lipinski definition) is 0. The molecular weight excluding hydrogens is 925 g/mol. The number of carbonyl (C=O) groups excluding carboxylic acids is 3. The zero-order valence-corrected chi connectivity index (χ0v) is 47.0. The molecule has 0 N–H and O–H groups in total. The first-order valence-corrected chi connectivity index (χ1v) is 28.6. The molecule has 1 atom stereocenters. The molecule has 0 amide bonds. The van der Waals surface area contributed by atoms with Gasteiger partial charge in [-0.05, 0) is 141 Å². The molecule has 0 bridgehead atoms. The zero-order valence-electron chi connectivity index (χ0n) is 47.0. The first kappa shape index (κ1) is 69.0. The number of ether oxygens (including phenoxy) is 3. The van der Waals surface area contributed by atoms with Crippen molar-refractivity contribution in [2.75, 3.05) is 13.2 Å². The zero-order chi connectivity index (χ0) is 54.3. The van der Waals surface area contributed by atoms with Gasteiger partial charge in [-0.1, -0.05) is 234 Å². The first-order valence-electron chi connectivity index (χ1n) is 28.6. The van der Waals surface area contributed by atoms with Gasteiger partial charge in [0.1, 0.15) is 13.2 Å². The highest BCUT2D eigenvalue weighted by Gasteiger charge is 2.19. The van der Waals surface area contributed by atoms with Crippen LogP contribution in [-0.4, -0.2) is 37.2 Å². The maximum Gasteiger partial charge on any atom is 0.306 e. The predicted octanol–water partition coefficient (Wildman–Crippen LogP) is 19.6. The van der Waals surface area contributed by atoms with Gasteiger partial charge in [0, 0.05) is 19.3 Å². The maximum atomic E-state index is 12.8. The van der Waals surface area contributed by atoms with Gasteiger partial charge in [-0.3, -0.25) is 14.4 Å². The molecule has 0 aromatic heterocycles. The summed E-state index contributed by atoms with van der Waals surface area (Å²) in [5.41, 5.74) is 0. The van der Waals surface area contributed by atoms with E-state index in [4.69, 9.17) is 14.2 Å². The number of allylic oxidation sites excluding steroid dienone is 34. The van der Waals surface area contributed by atoms with Crippen LogP contribution < -0.4 is 0 Å². The first-order chi connectivity index (χ1) is 37.0. The highest BCUT2D eigenvalue weighted by atomic mass is 16.6. The summed E-state index contributed by atoms with van der Waals surface area (Å²) in [7, 11) is 0. The lowest BCUT2D eigenvalue weighted by Gasteiger charge is -2.18. The lowest BCUT2D eigenvalue weighted by Crippen LogP contribution is -2.30. The van der Waals surface area contributed by atoms with Gasteiger partial charge in [-0.25, -0.2) is 0 Å². The van der Waals surface area contributed by atoms with Gasteiger partial charge < -0.3 is 14.2 Å². The van der Waals surface area contributed by atoms with Crippen LogP contribution in [0.15, 0.2) is 207 Å². The maximum absolute atomic E-state index is 12.8. The van der Waals surface area contributed by atoms with Gasteiger partial charge in [-0.2, -0.15) is 0 Å². The van der Waals surface area contributed by atoms with Crippen LogP contribution in [0.3, 0.4) is 0 Å². The van der Waals surface area contributed by atoms with E-state index in [0.29, 0.717) is 19.3 Å². The van der Waals surface area contributed by atoms with Crippen molar-refractivity contribution in [2.45, 2.75) is 194 Å². The predicted molar refractivity (Wildman–Crippen MR) is 324 cm³/mol. The molecule has 0 heterocycles. The summed E-state index contributed by atoms with van der Waals surface area (Å²) in [5.74, 6) is -1.18.